The van der Waals surface area contributed by atoms with Crippen LogP contribution in [0.15, 0.2) is 40.7 Å². The Morgan fingerprint density at radius 3 is 2.70 bits per heavy atom. The number of hydrogen-bond acceptors (Lipinski definition) is 5. The van der Waals surface area contributed by atoms with E-state index in [9.17, 15) is 13.2 Å². The Morgan fingerprint density at radius 2 is 2.05 bits per heavy atom. The van der Waals surface area contributed by atoms with Crippen LogP contribution < -0.4 is 15.6 Å². The van der Waals surface area contributed by atoms with Crippen LogP contribution in [0.3, 0.4) is 0 Å². The number of hydrazine groups is 1. The van der Waals surface area contributed by atoms with Crippen molar-refractivity contribution in [1.82, 2.24) is 20.6 Å². The number of thiophene rings is 1. The molecule has 0 atom stereocenters. The molecule has 0 aromatic carbocycles. The Hall–Kier alpha value is -1.97. The number of rotatable bonds is 4. The number of pyridine rings is 1. The second-order valence-corrected chi connectivity index (χ2v) is 6.64. The third-order valence-corrected chi connectivity index (χ3v) is 5.14. The molecule has 0 spiro atoms. The van der Waals surface area contributed by atoms with Gasteiger partial charge in [-0.15, -0.1) is 16.2 Å². The molecule has 2 aromatic rings. The number of nitrogens with one attached hydrogen (secondary N) is 3. The Morgan fingerprint density at radius 1 is 1.25 bits per heavy atom. The quantitative estimate of drug-likeness (QED) is 0.731. The zero-order valence-electron chi connectivity index (χ0n) is 10.5. The Balaban J connectivity index is 2.18. The van der Waals surface area contributed by atoms with E-state index >= 15 is 0 Å². The third kappa shape index (κ3) is 3.32. The van der Waals surface area contributed by atoms with E-state index in [1.807, 2.05) is 16.3 Å². The lowest BCUT2D eigenvalue weighted by atomic mass is 10.3. The fourth-order valence-corrected chi connectivity index (χ4v) is 3.46. The number of amides is 2. The number of urea groups is 1. The predicted molar refractivity (Wildman–Crippen MR) is 75.5 cm³/mol. The van der Waals surface area contributed by atoms with Gasteiger partial charge in [0.05, 0.1) is 10.6 Å². The lowest BCUT2D eigenvalue weighted by Gasteiger charge is -2.05. The molecule has 9 heteroatoms. The molecular weight excluding hydrogens is 300 g/mol. The highest BCUT2D eigenvalue weighted by atomic mass is 32.2. The Labute approximate surface area is 120 Å². The summed E-state index contributed by atoms with van der Waals surface area (Å²) in [6.07, 6.45) is 1.63. The smallest absolute Gasteiger partial charge is 0.329 e. The summed E-state index contributed by atoms with van der Waals surface area (Å²) in [4.78, 5) is 17.8. The number of hydrogen-bond donors (Lipinski definition) is 3. The fourth-order valence-electron chi connectivity index (χ4n) is 1.34. The molecule has 2 amide bonds. The monoisotopic (exact) mass is 312 g/mol. The van der Waals surface area contributed by atoms with E-state index < -0.39 is 16.1 Å². The molecule has 0 saturated heterocycles. The van der Waals surface area contributed by atoms with Gasteiger partial charge in [0.1, 0.15) is 4.21 Å². The van der Waals surface area contributed by atoms with Crippen molar-refractivity contribution in [2.45, 2.75) is 4.21 Å². The van der Waals surface area contributed by atoms with E-state index in [0.29, 0.717) is 5.69 Å². The maximum atomic E-state index is 11.9. The lowest BCUT2D eigenvalue weighted by molar-refractivity contribution is 0.241. The van der Waals surface area contributed by atoms with E-state index in [0.717, 1.165) is 16.2 Å². The van der Waals surface area contributed by atoms with E-state index in [4.69, 9.17) is 0 Å². The van der Waals surface area contributed by atoms with Gasteiger partial charge in [0.25, 0.3) is 10.0 Å². The highest BCUT2D eigenvalue weighted by Crippen LogP contribution is 2.28. The summed E-state index contributed by atoms with van der Waals surface area (Å²) >= 11 is 1.07. The second kappa shape index (κ2) is 5.99. The average Bonchev–Trinajstić information content (AvgIpc) is 2.96. The van der Waals surface area contributed by atoms with Crippen LogP contribution in [-0.4, -0.2) is 26.5 Å². The van der Waals surface area contributed by atoms with E-state index in [-0.39, 0.29) is 4.21 Å². The van der Waals surface area contributed by atoms with Crippen LogP contribution in [0, 0.1) is 0 Å². The summed E-state index contributed by atoms with van der Waals surface area (Å²) in [5.41, 5.74) is 2.72. The molecule has 0 aliphatic carbocycles. The second-order valence-electron chi connectivity index (χ2n) is 3.64. The maximum Gasteiger partial charge on any atom is 0.329 e. The van der Waals surface area contributed by atoms with Crippen LogP contribution in [0.2, 0.25) is 0 Å². The minimum atomic E-state index is -3.78. The van der Waals surface area contributed by atoms with Crippen LogP contribution in [0.25, 0.3) is 10.6 Å². The van der Waals surface area contributed by atoms with Crippen molar-refractivity contribution in [2.75, 3.05) is 7.05 Å². The minimum Gasteiger partial charge on any atom is -0.340 e. The van der Waals surface area contributed by atoms with Gasteiger partial charge in [0, 0.05) is 13.2 Å². The maximum absolute atomic E-state index is 11.9. The Bertz CT molecular complexity index is 697. The zero-order valence-corrected chi connectivity index (χ0v) is 12.1. The van der Waals surface area contributed by atoms with Crippen molar-refractivity contribution in [1.29, 1.82) is 0 Å². The van der Waals surface area contributed by atoms with Gasteiger partial charge in [-0.05, 0) is 24.3 Å². The van der Waals surface area contributed by atoms with Gasteiger partial charge in [-0.1, -0.05) is 6.07 Å². The molecule has 2 rings (SSSR count). The molecule has 2 aromatic heterocycles. The van der Waals surface area contributed by atoms with Crippen molar-refractivity contribution in [2.24, 2.45) is 0 Å². The molecule has 3 N–H and O–H groups in total. The predicted octanol–water partition coefficient (Wildman–Crippen LogP) is 0.932. The highest BCUT2D eigenvalue weighted by Gasteiger charge is 2.18. The molecule has 0 fully saturated rings. The number of sulfonamides is 1. The fraction of sp³-hybridized carbons (Fsp3) is 0.0909. The molecular formula is C11H12N4O3S2. The molecule has 0 aliphatic heterocycles. The third-order valence-electron chi connectivity index (χ3n) is 2.29. The molecule has 106 valence electrons. The van der Waals surface area contributed by atoms with Crippen molar-refractivity contribution in [3.8, 4) is 10.6 Å². The molecule has 0 aliphatic rings. The number of carbonyl (C=O) groups is 1. The molecule has 0 bridgehead atoms. The first-order chi connectivity index (χ1) is 9.53. The molecule has 0 unspecified atom stereocenters. The van der Waals surface area contributed by atoms with Crippen molar-refractivity contribution in [3.63, 3.8) is 0 Å². The van der Waals surface area contributed by atoms with E-state index in [2.05, 4.69) is 10.3 Å². The van der Waals surface area contributed by atoms with Gasteiger partial charge >= 0.3 is 6.03 Å². The largest absolute Gasteiger partial charge is 0.340 e. The number of carbonyl (C=O) groups excluding carboxylic acids is 1. The Kier molecular flexibility index (Phi) is 4.32. The summed E-state index contributed by atoms with van der Waals surface area (Å²) in [7, 11) is -2.40. The summed E-state index contributed by atoms with van der Waals surface area (Å²) in [6, 6.07) is 7.88. The normalized spacial score (nSPS) is 11.1. The number of nitrogens with zero attached hydrogens (tertiary/aromatic N) is 1. The van der Waals surface area contributed by atoms with Gasteiger partial charge < -0.3 is 5.32 Å². The van der Waals surface area contributed by atoms with Crippen LogP contribution in [0.4, 0.5) is 4.79 Å². The van der Waals surface area contributed by atoms with Gasteiger partial charge in [-0.25, -0.2) is 13.2 Å². The van der Waals surface area contributed by atoms with Gasteiger partial charge in [-0.2, -0.15) is 0 Å². The van der Waals surface area contributed by atoms with Crippen LogP contribution in [0.5, 0.6) is 0 Å². The van der Waals surface area contributed by atoms with E-state index in [1.54, 1.807) is 24.4 Å². The molecule has 2 heterocycles. The summed E-state index contributed by atoms with van der Waals surface area (Å²) in [5.74, 6) is 0. The standard InChI is InChI=1S/C11H12N4O3S2/c1-12-11(16)14-15-20(17,18)10-6-5-9(19-10)8-4-2-3-7-13-8/h2-7,15H,1H3,(H2,12,14,16). The molecule has 0 radical (unpaired) electrons. The van der Waals surface area contributed by atoms with Crippen LogP contribution in [0.1, 0.15) is 0 Å². The molecule has 0 saturated carbocycles. The topological polar surface area (TPSA) is 100 Å². The SMILES string of the molecule is CNC(=O)NNS(=O)(=O)c1ccc(-c2ccccn2)s1. The average molecular weight is 312 g/mol. The molecule has 7 nitrogen and oxygen atoms in total. The minimum absolute atomic E-state index is 0.0922. The van der Waals surface area contributed by atoms with Gasteiger partial charge in [0.15, 0.2) is 0 Å². The summed E-state index contributed by atoms with van der Waals surface area (Å²) in [5, 5.41) is 2.24. The molecule has 20 heavy (non-hydrogen) atoms. The first-order valence-corrected chi connectivity index (χ1v) is 7.83. The highest BCUT2D eigenvalue weighted by molar-refractivity contribution is 7.91. The summed E-state index contributed by atoms with van der Waals surface area (Å²) in [6.45, 7) is 0. The first-order valence-electron chi connectivity index (χ1n) is 5.54. The number of aromatic nitrogens is 1. The summed E-state index contributed by atoms with van der Waals surface area (Å²) < 4.78 is 24.0. The van der Waals surface area contributed by atoms with Gasteiger partial charge in [-0.3, -0.25) is 10.4 Å². The van der Waals surface area contributed by atoms with Crippen molar-refractivity contribution >= 4 is 27.4 Å². The first kappa shape index (κ1) is 14.4. The van der Waals surface area contributed by atoms with Crippen molar-refractivity contribution in [3.05, 3.63) is 36.5 Å². The van der Waals surface area contributed by atoms with Gasteiger partial charge in [0.2, 0.25) is 0 Å². The van der Waals surface area contributed by atoms with E-state index in [1.165, 1.54) is 13.1 Å². The van der Waals surface area contributed by atoms with Crippen molar-refractivity contribution < 1.29 is 13.2 Å². The zero-order chi connectivity index (χ0) is 14.6. The lowest BCUT2D eigenvalue weighted by Crippen LogP contribution is -2.45. The van der Waals surface area contributed by atoms with Crippen LogP contribution >= 0.6 is 11.3 Å². The van der Waals surface area contributed by atoms with Crippen LogP contribution in [-0.2, 0) is 10.0 Å².